The Morgan fingerprint density at radius 2 is 1.72 bits per heavy atom. The van der Waals surface area contributed by atoms with E-state index in [-0.39, 0.29) is 24.5 Å². The van der Waals surface area contributed by atoms with E-state index in [9.17, 15) is 18.3 Å². The first-order valence-corrected chi connectivity index (χ1v) is 9.08. The number of sulfonamides is 1. The predicted molar refractivity (Wildman–Crippen MR) is 89.1 cm³/mol. The number of ether oxygens (including phenoxy) is 2. The van der Waals surface area contributed by atoms with Crippen LogP contribution in [0.5, 0.6) is 11.5 Å². The number of aliphatic carboxylic acids is 1. The fraction of sp³-hybridized carbons (Fsp3) is 0.235. The summed E-state index contributed by atoms with van der Waals surface area (Å²) in [5.74, 6) is -0.149. The van der Waals surface area contributed by atoms with Gasteiger partial charge in [0.15, 0.2) is 5.54 Å². The number of carbonyl (C=O) groups is 1. The molecule has 0 saturated carbocycles. The van der Waals surface area contributed by atoms with Crippen LogP contribution >= 0.6 is 0 Å². The Hall–Kier alpha value is -2.42. The third kappa shape index (κ3) is 3.81. The molecule has 1 saturated heterocycles. The van der Waals surface area contributed by atoms with Crippen molar-refractivity contribution in [2.45, 2.75) is 16.9 Å². The number of carboxylic acids is 1. The van der Waals surface area contributed by atoms with E-state index in [1.165, 1.54) is 24.3 Å². The van der Waals surface area contributed by atoms with Gasteiger partial charge < -0.3 is 14.6 Å². The number of rotatable bonds is 6. The van der Waals surface area contributed by atoms with Crippen molar-refractivity contribution < 1.29 is 27.8 Å². The number of benzene rings is 2. The highest BCUT2D eigenvalue weighted by atomic mass is 32.2. The van der Waals surface area contributed by atoms with Crippen molar-refractivity contribution in [3.8, 4) is 11.5 Å². The minimum atomic E-state index is -4.00. The topological polar surface area (TPSA) is 102 Å². The second kappa shape index (κ2) is 6.83. The molecule has 1 heterocycles. The molecule has 2 aromatic carbocycles. The average molecular weight is 363 g/mol. The van der Waals surface area contributed by atoms with E-state index in [2.05, 4.69) is 4.72 Å². The lowest BCUT2D eigenvalue weighted by Crippen LogP contribution is -2.54. The first kappa shape index (κ1) is 17.4. The van der Waals surface area contributed by atoms with Gasteiger partial charge in [-0.1, -0.05) is 18.2 Å². The summed E-state index contributed by atoms with van der Waals surface area (Å²) in [6.07, 6.45) is 0.0801. The molecule has 7 nitrogen and oxygen atoms in total. The van der Waals surface area contributed by atoms with Crippen LogP contribution < -0.4 is 9.46 Å². The Morgan fingerprint density at radius 3 is 2.28 bits per heavy atom. The highest BCUT2D eigenvalue weighted by molar-refractivity contribution is 7.89. The molecule has 1 aliphatic rings. The highest BCUT2D eigenvalue weighted by Crippen LogP contribution is 2.25. The van der Waals surface area contributed by atoms with Crippen molar-refractivity contribution >= 4 is 16.0 Å². The van der Waals surface area contributed by atoms with Gasteiger partial charge in [0.05, 0.1) is 11.5 Å². The second-order valence-electron chi connectivity index (χ2n) is 5.68. The van der Waals surface area contributed by atoms with Gasteiger partial charge in [0, 0.05) is 13.0 Å². The summed E-state index contributed by atoms with van der Waals surface area (Å²) in [5.41, 5.74) is -1.63. The average Bonchev–Trinajstić information content (AvgIpc) is 3.05. The fourth-order valence-corrected chi connectivity index (χ4v) is 3.86. The molecule has 1 aliphatic heterocycles. The van der Waals surface area contributed by atoms with Gasteiger partial charge >= 0.3 is 5.97 Å². The molecule has 2 N–H and O–H groups in total. The van der Waals surface area contributed by atoms with Crippen LogP contribution in [0.25, 0.3) is 0 Å². The summed E-state index contributed by atoms with van der Waals surface area (Å²) in [6.45, 7) is -0.00453. The molecule has 0 amide bonds. The lowest BCUT2D eigenvalue weighted by molar-refractivity contribution is -0.144. The molecule has 1 atom stereocenters. The van der Waals surface area contributed by atoms with Crippen molar-refractivity contribution in [3.05, 3.63) is 54.6 Å². The number of carboxylic acid groups (broad SMARTS) is 1. The molecule has 0 spiro atoms. The minimum absolute atomic E-state index is 0.0413. The quantitative estimate of drug-likeness (QED) is 0.814. The van der Waals surface area contributed by atoms with Gasteiger partial charge in [-0.2, -0.15) is 4.72 Å². The highest BCUT2D eigenvalue weighted by Gasteiger charge is 2.46. The Kier molecular flexibility index (Phi) is 4.76. The molecule has 1 fully saturated rings. The second-order valence-corrected chi connectivity index (χ2v) is 7.36. The van der Waals surface area contributed by atoms with Crippen molar-refractivity contribution in [3.63, 3.8) is 0 Å². The molecule has 132 valence electrons. The summed E-state index contributed by atoms with van der Waals surface area (Å²) < 4.78 is 37.9. The van der Waals surface area contributed by atoms with Crippen LogP contribution in [0.15, 0.2) is 59.5 Å². The van der Waals surface area contributed by atoms with E-state index in [4.69, 9.17) is 9.47 Å². The zero-order chi connectivity index (χ0) is 17.9. The molecule has 1 unspecified atom stereocenters. The van der Waals surface area contributed by atoms with Gasteiger partial charge in [-0.25, -0.2) is 8.42 Å². The lowest BCUT2D eigenvalue weighted by atomic mass is 10.0. The van der Waals surface area contributed by atoms with Gasteiger partial charge in [-0.15, -0.1) is 0 Å². The van der Waals surface area contributed by atoms with E-state index in [1.807, 2.05) is 18.2 Å². The molecule has 0 aromatic heterocycles. The molecule has 0 radical (unpaired) electrons. The van der Waals surface area contributed by atoms with Crippen LogP contribution in [0.1, 0.15) is 6.42 Å². The third-order valence-electron chi connectivity index (χ3n) is 3.87. The SMILES string of the molecule is O=C(O)C1(NS(=O)(=O)c2ccc(Oc3ccccc3)cc2)CCOC1. The van der Waals surface area contributed by atoms with Crippen molar-refractivity contribution in [2.24, 2.45) is 0 Å². The molecule has 0 bridgehead atoms. The Bertz CT molecular complexity index is 842. The van der Waals surface area contributed by atoms with Crippen LogP contribution in [0.3, 0.4) is 0 Å². The van der Waals surface area contributed by atoms with Crippen LogP contribution in [0, 0.1) is 0 Å². The Morgan fingerprint density at radius 1 is 1.08 bits per heavy atom. The van der Waals surface area contributed by atoms with Crippen LogP contribution in [-0.4, -0.2) is 38.2 Å². The Balaban J connectivity index is 1.77. The third-order valence-corrected chi connectivity index (χ3v) is 5.43. The summed E-state index contributed by atoms with van der Waals surface area (Å²) >= 11 is 0. The van der Waals surface area contributed by atoms with Crippen LogP contribution in [-0.2, 0) is 19.6 Å². The summed E-state index contributed by atoms with van der Waals surface area (Å²) in [5, 5.41) is 9.36. The van der Waals surface area contributed by atoms with Crippen LogP contribution in [0.4, 0.5) is 0 Å². The Labute approximate surface area is 145 Å². The maximum atomic E-state index is 12.5. The predicted octanol–water partition coefficient (Wildman–Crippen LogP) is 2.00. The number of hydrogen-bond donors (Lipinski definition) is 2. The first-order valence-electron chi connectivity index (χ1n) is 7.59. The van der Waals surface area contributed by atoms with Gasteiger partial charge in [0.2, 0.25) is 10.0 Å². The van der Waals surface area contributed by atoms with Crippen molar-refractivity contribution in [1.29, 1.82) is 0 Å². The molecule has 25 heavy (non-hydrogen) atoms. The maximum Gasteiger partial charge on any atom is 0.327 e. The van der Waals surface area contributed by atoms with Crippen LogP contribution in [0.2, 0.25) is 0 Å². The van der Waals surface area contributed by atoms with Gasteiger partial charge in [0.1, 0.15) is 11.5 Å². The monoisotopic (exact) mass is 363 g/mol. The smallest absolute Gasteiger partial charge is 0.327 e. The van der Waals surface area contributed by atoms with E-state index in [0.29, 0.717) is 11.5 Å². The molecule has 8 heteroatoms. The van der Waals surface area contributed by atoms with Gasteiger partial charge in [-0.05, 0) is 36.4 Å². The molecule has 0 aliphatic carbocycles. The maximum absolute atomic E-state index is 12.5. The van der Waals surface area contributed by atoms with Crippen molar-refractivity contribution in [2.75, 3.05) is 13.2 Å². The standard InChI is InChI=1S/C17H17NO6S/c19-16(20)17(10-11-23-12-17)18-25(21,22)15-8-6-14(7-9-15)24-13-4-2-1-3-5-13/h1-9,18H,10-12H2,(H,19,20). The van der Waals surface area contributed by atoms with Gasteiger partial charge in [-0.3, -0.25) is 4.79 Å². The fourth-order valence-electron chi connectivity index (χ4n) is 2.49. The first-order chi connectivity index (χ1) is 11.9. The largest absolute Gasteiger partial charge is 0.480 e. The van der Waals surface area contributed by atoms with E-state index in [0.717, 1.165) is 0 Å². The number of hydrogen-bond acceptors (Lipinski definition) is 5. The molecule has 2 aromatic rings. The summed E-state index contributed by atoms with van der Waals surface area (Å²) in [4.78, 5) is 11.4. The molecular weight excluding hydrogens is 346 g/mol. The summed E-state index contributed by atoms with van der Waals surface area (Å²) in [7, 11) is -4.00. The number of nitrogens with one attached hydrogen (secondary N) is 1. The summed E-state index contributed by atoms with van der Waals surface area (Å²) in [6, 6.07) is 14.8. The minimum Gasteiger partial charge on any atom is -0.480 e. The molecular formula is C17H17NO6S. The van der Waals surface area contributed by atoms with E-state index >= 15 is 0 Å². The zero-order valence-corrected chi connectivity index (χ0v) is 14.0. The van der Waals surface area contributed by atoms with E-state index < -0.39 is 21.5 Å². The van der Waals surface area contributed by atoms with Crippen molar-refractivity contribution in [1.82, 2.24) is 4.72 Å². The zero-order valence-electron chi connectivity index (χ0n) is 13.2. The van der Waals surface area contributed by atoms with Gasteiger partial charge in [0.25, 0.3) is 0 Å². The van der Waals surface area contributed by atoms with E-state index in [1.54, 1.807) is 12.1 Å². The normalized spacial score (nSPS) is 20.3. The lowest BCUT2D eigenvalue weighted by Gasteiger charge is -2.23. The molecule has 3 rings (SSSR count). The number of para-hydroxylation sites is 1.